The van der Waals surface area contributed by atoms with Gasteiger partial charge in [0.05, 0.1) is 4.92 Å². The number of nitrogens with zero attached hydrogens (tertiary/aromatic N) is 1. The molecule has 21 heavy (non-hydrogen) atoms. The molecule has 0 atom stereocenters. The zero-order valence-electron chi connectivity index (χ0n) is 11.2. The summed E-state index contributed by atoms with van der Waals surface area (Å²) in [4.78, 5) is 10.1. The van der Waals surface area contributed by atoms with Crippen LogP contribution in [-0.2, 0) is 13.0 Å². The van der Waals surface area contributed by atoms with Crippen LogP contribution in [0.15, 0.2) is 42.5 Å². The van der Waals surface area contributed by atoms with Gasteiger partial charge in [-0.1, -0.05) is 12.1 Å². The molecule has 0 fully saturated rings. The highest BCUT2D eigenvalue weighted by atomic mass is 19.1. The molecule has 0 aliphatic heterocycles. The maximum absolute atomic E-state index is 13.0. The van der Waals surface area contributed by atoms with Crippen molar-refractivity contribution in [1.29, 1.82) is 0 Å². The highest BCUT2D eigenvalue weighted by Crippen LogP contribution is 2.12. The second kappa shape index (κ2) is 6.90. The molecule has 0 aliphatic carbocycles. The first kappa shape index (κ1) is 15.1. The molecule has 0 aromatic heterocycles. The fraction of sp³-hybridized carbons (Fsp3) is 0.200. The molecule has 0 aliphatic rings. The van der Waals surface area contributed by atoms with Crippen LogP contribution in [0.3, 0.4) is 0 Å². The van der Waals surface area contributed by atoms with E-state index in [0.717, 1.165) is 11.6 Å². The molecule has 2 rings (SSSR count). The third-order valence-electron chi connectivity index (χ3n) is 2.99. The summed E-state index contributed by atoms with van der Waals surface area (Å²) in [5.74, 6) is -1.17. The standard InChI is InChI=1S/C15H14F2N2O2/c16-13-7-12(8-14(17)9-13)5-6-18-10-11-1-3-15(4-2-11)19(20)21/h1-4,7-9,18H,5-6,10H2. The third kappa shape index (κ3) is 4.61. The molecule has 2 aromatic rings. The molecule has 4 nitrogen and oxygen atoms in total. The quantitative estimate of drug-likeness (QED) is 0.505. The first-order valence-electron chi connectivity index (χ1n) is 6.43. The second-order valence-corrected chi connectivity index (χ2v) is 4.63. The van der Waals surface area contributed by atoms with Crippen molar-refractivity contribution in [3.05, 3.63) is 75.3 Å². The Balaban J connectivity index is 1.80. The van der Waals surface area contributed by atoms with E-state index in [-0.39, 0.29) is 5.69 Å². The van der Waals surface area contributed by atoms with Crippen molar-refractivity contribution < 1.29 is 13.7 Å². The topological polar surface area (TPSA) is 55.2 Å². The van der Waals surface area contributed by atoms with Crippen LogP contribution in [0, 0.1) is 21.7 Å². The van der Waals surface area contributed by atoms with Crippen LogP contribution in [0.1, 0.15) is 11.1 Å². The molecule has 0 saturated heterocycles. The Morgan fingerprint density at radius 2 is 1.62 bits per heavy atom. The van der Waals surface area contributed by atoms with E-state index >= 15 is 0 Å². The van der Waals surface area contributed by atoms with E-state index in [9.17, 15) is 18.9 Å². The van der Waals surface area contributed by atoms with E-state index in [2.05, 4.69) is 5.32 Å². The second-order valence-electron chi connectivity index (χ2n) is 4.63. The zero-order valence-corrected chi connectivity index (χ0v) is 11.2. The van der Waals surface area contributed by atoms with Crippen LogP contribution >= 0.6 is 0 Å². The van der Waals surface area contributed by atoms with Gasteiger partial charge in [0.25, 0.3) is 5.69 Å². The Kier molecular flexibility index (Phi) is 4.94. The van der Waals surface area contributed by atoms with Gasteiger partial charge in [-0.15, -0.1) is 0 Å². The number of hydrogen-bond acceptors (Lipinski definition) is 3. The highest BCUT2D eigenvalue weighted by Gasteiger charge is 2.04. The normalized spacial score (nSPS) is 10.6. The Labute approximate surface area is 120 Å². The molecule has 0 saturated carbocycles. The van der Waals surface area contributed by atoms with Crippen molar-refractivity contribution in [3.63, 3.8) is 0 Å². The van der Waals surface area contributed by atoms with E-state index < -0.39 is 16.6 Å². The summed E-state index contributed by atoms with van der Waals surface area (Å²) in [7, 11) is 0. The van der Waals surface area contributed by atoms with Gasteiger partial charge in [-0.05, 0) is 36.2 Å². The Morgan fingerprint density at radius 1 is 1.00 bits per heavy atom. The molecule has 0 spiro atoms. The summed E-state index contributed by atoms with van der Waals surface area (Å²) in [5, 5.41) is 13.6. The van der Waals surface area contributed by atoms with Gasteiger partial charge in [0, 0.05) is 24.7 Å². The lowest BCUT2D eigenvalue weighted by Gasteiger charge is -2.05. The minimum atomic E-state index is -0.583. The van der Waals surface area contributed by atoms with Gasteiger partial charge in [-0.25, -0.2) is 8.78 Å². The number of nitro benzene ring substituents is 1. The Bertz CT molecular complexity index is 610. The molecule has 0 bridgehead atoms. The van der Waals surface area contributed by atoms with E-state index in [1.807, 2.05) is 0 Å². The molecule has 0 radical (unpaired) electrons. The first-order valence-corrected chi connectivity index (χ1v) is 6.43. The van der Waals surface area contributed by atoms with Crippen molar-refractivity contribution in [2.24, 2.45) is 0 Å². The molecule has 6 heteroatoms. The maximum atomic E-state index is 13.0. The summed E-state index contributed by atoms with van der Waals surface area (Å²) in [6.07, 6.45) is 0.502. The SMILES string of the molecule is O=[N+]([O-])c1ccc(CNCCc2cc(F)cc(F)c2)cc1. The lowest BCUT2D eigenvalue weighted by atomic mass is 10.1. The molecular weight excluding hydrogens is 278 g/mol. The van der Waals surface area contributed by atoms with Crippen LogP contribution in [0.2, 0.25) is 0 Å². The maximum Gasteiger partial charge on any atom is 0.269 e. The Hall–Kier alpha value is -2.34. The molecule has 0 amide bonds. The fourth-order valence-electron chi connectivity index (χ4n) is 1.96. The van der Waals surface area contributed by atoms with E-state index in [1.54, 1.807) is 12.1 Å². The van der Waals surface area contributed by atoms with Crippen LogP contribution in [-0.4, -0.2) is 11.5 Å². The minimum absolute atomic E-state index is 0.0500. The highest BCUT2D eigenvalue weighted by molar-refractivity contribution is 5.32. The average molecular weight is 292 g/mol. The monoisotopic (exact) mass is 292 g/mol. The number of nitrogens with one attached hydrogen (secondary N) is 1. The number of benzene rings is 2. The zero-order chi connectivity index (χ0) is 15.2. The van der Waals surface area contributed by atoms with Gasteiger partial charge in [0.15, 0.2) is 0 Å². The van der Waals surface area contributed by atoms with E-state index in [4.69, 9.17) is 0 Å². The molecule has 0 heterocycles. The van der Waals surface area contributed by atoms with Gasteiger partial charge in [-0.2, -0.15) is 0 Å². The predicted octanol–water partition coefficient (Wildman–Crippen LogP) is 3.21. The largest absolute Gasteiger partial charge is 0.312 e. The van der Waals surface area contributed by atoms with Crippen molar-refractivity contribution in [2.75, 3.05) is 6.54 Å². The number of nitro groups is 1. The first-order chi connectivity index (χ1) is 10.0. The van der Waals surface area contributed by atoms with Gasteiger partial charge in [0.1, 0.15) is 11.6 Å². The van der Waals surface area contributed by atoms with Crippen LogP contribution < -0.4 is 5.32 Å². The minimum Gasteiger partial charge on any atom is -0.312 e. The van der Waals surface area contributed by atoms with Crippen molar-refractivity contribution in [2.45, 2.75) is 13.0 Å². The van der Waals surface area contributed by atoms with Gasteiger partial charge in [-0.3, -0.25) is 10.1 Å². The summed E-state index contributed by atoms with van der Waals surface area (Å²) >= 11 is 0. The van der Waals surface area contributed by atoms with Crippen LogP contribution in [0.5, 0.6) is 0 Å². The fourth-order valence-corrected chi connectivity index (χ4v) is 1.96. The van der Waals surface area contributed by atoms with Crippen LogP contribution in [0.25, 0.3) is 0 Å². The molecule has 1 N–H and O–H groups in total. The molecular formula is C15H14F2N2O2. The predicted molar refractivity (Wildman–Crippen MR) is 74.9 cm³/mol. The molecule has 0 unspecified atom stereocenters. The lowest BCUT2D eigenvalue weighted by molar-refractivity contribution is -0.384. The number of hydrogen-bond donors (Lipinski definition) is 1. The van der Waals surface area contributed by atoms with Gasteiger partial charge < -0.3 is 5.32 Å². The summed E-state index contributed by atoms with van der Waals surface area (Å²) in [6.45, 7) is 1.09. The Morgan fingerprint density at radius 3 is 2.19 bits per heavy atom. The number of non-ortho nitro benzene ring substituents is 1. The lowest BCUT2D eigenvalue weighted by Crippen LogP contribution is -2.16. The van der Waals surface area contributed by atoms with Gasteiger partial charge in [0.2, 0.25) is 0 Å². The van der Waals surface area contributed by atoms with E-state index in [0.29, 0.717) is 25.1 Å². The third-order valence-corrected chi connectivity index (χ3v) is 2.99. The van der Waals surface area contributed by atoms with Crippen LogP contribution in [0.4, 0.5) is 14.5 Å². The summed E-state index contributed by atoms with van der Waals surface area (Å²) < 4.78 is 26.0. The molecule has 110 valence electrons. The average Bonchev–Trinajstić information content (AvgIpc) is 2.43. The van der Waals surface area contributed by atoms with Gasteiger partial charge >= 0.3 is 0 Å². The van der Waals surface area contributed by atoms with Crippen molar-refractivity contribution in [3.8, 4) is 0 Å². The number of rotatable bonds is 6. The summed E-state index contributed by atoms with van der Waals surface area (Å²) in [6, 6.07) is 9.68. The summed E-state index contributed by atoms with van der Waals surface area (Å²) in [5.41, 5.74) is 1.55. The van der Waals surface area contributed by atoms with Crippen molar-refractivity contribution in [1.82, 2.24) is 5.32 Å². The van der Waals surface area contributed by atoms with E-state index in [1.165, 1.54) is 24.3 Å². The molecule has 2 aromatic carbocycles. The van der Waals surface area contributed by atoms with Crippen molar-refractivity contribution >= 4 is 5.69 Å². The smallest absolute Gasteiger partial charge is 0.269 e. The number of halogens is 2.